The highest BCUT2D eigenvalue weighted by Gasteiger charge is 2.13. The smallest absolute Gasteiger partial charge is 0.302 e. The van der Waals surface area contributed by atoms with E-state index in [1.54, 1.807) is 52.7 Å². The molecule has 0 fully saturated rings. The summed E-state index contributed by atoms with van der Waals surface area (Å²) >= 11 is 0. The minimum atomic E-state index is -0.434. The van der Waals surface area contributed by atoms with Gasteiger partial charge >= 0.3 is 11.9 Å². The van der Waals surface area contributed by atoms with Crippen molar-refractivity contribution < 1.29 is 38.0 Å². The van der Waals surface area contributed by atoms with Crippen LogP contribution >= 0.6 is 0 Å². The maximum atomic E-state index is 11.6. The molecule has 0 saturated heterocycles. The van der Waals surface area contributed by atoms with Gasteiger partial charge in [-0.05, 0) is 58.7 Å². The number of benzene rings is 2. The first-order valence-electron chi connectivity index (χ1n) is 10.4. The van der Waals surface area contributed by atoms with E-state index in [4.69, 9.17) is 28.4 Å². The van der Waals surface area contributed by atoms with Gasteiger partial charge in [-0.2, -0.15) is 0 Å². The van der Waals surface area contributed by atoms with Gasteiger partial charge in [0.1, 0.15) is 13.2 Å². The van der Waals surface area contributed by atoms with E-state index in [0.717, 1.165) is 11.1 Å². The molecule has 0 spiro atoms. The van der Waals surface area contributed by atoms with Crippen LogP contribution in [0.1, 0.15) is 25.0 Å². The molecular formula is C26H30O8. The van der Waals surface area contributed by atoms with Crippen LogP contribution in [0, 0.1) is 0 Å². The molecule has 0 aliphatic carbocycles. The highest BCUT2D eigenvalue weighted by atomic mass is 16.5. The van der Waals surface area contributed by atoms with Crippen molar-refractivity contribution in [3.8, 4) is 23.0 Å². The third kappa shape index (κ3) is 7.58. The van der Waals surface area contributed by atoms with Crippen molar-refractivity contribution >= 4 is 24.1 Å². The normalized spacial score (nSPS) is 11.5. The molecule has 0 bridgehead atoms. The summed E-state index contributed by atoms with van der Waals surface area (Å²) in [4.78, 5) is 23.1. The molecule has 2 aromatic rings. The highest BCUT2D eigenvalue weighted by molar-refractivity contribution is 5.72. The first-order chi connectivity index (χ1) is 16.3. The van der Waals surface area contributed by atoms with Crippen LogP contribution in [0.3, 0.4) is 0 Å². The van der Waals surface area contributed by atoms with E-state index in [2.05, 4.69) is 0 Å². The molecule has 0 radical (unpaired) electrons. The van der Waals surface area contributed by atoms with Gasteiger partial charge in [0.05, 0.1) is 28.4 Å². The lowest BCUT2D eigenvalue weighted by molar-refractivity contribution is -0.141. The molecule has 2 rings (SSSR count). The van der Waals surface area contributed by atoms with Crippen molar-refractivity contribution in [2.24, 2.45) is 0 Å². The molecule has 0 amide bonds. The lowest BCUT2D eigenvalue weighted by atomic mass is 10.0. The number of hydrogen-bond donors (Lipinski definition) is 0. The van der Waals surface area contributed by atoms with Crippen LogP contribution in [-0.2, 0) is 19.1 Å². The Labute approximate surface area is 199 Å². The number of carbonyl (C=O) groups excluding carboxylic acids is 2. The van der Waals surface area contributed by atoms with Crippen LogP contribution in [0.15, 0.2) is 47.5 Å². The average molecular weight is 471 g/mol. The van der Waals surface area contributed by atoms with Gasteiger partial charge in [0.15, 0.2) is 23.0 Å². The van der Waals surface area contributed by atoms with Crippen molar-refractivity contribution in [1.82, 2.24) is 0 Å². The second kappa shape index (κ2) is 12.9. The summed E-state index contributed by atoms with van der Waals surface area (Å²) in [6.45, 7) is 2.61. The molecule has 0 aliphatic heterocycles. The van der Waals surface area contributed by atoms with E-state index in [0.29, 0.717) is 34.1 Å². The Morgan fingerprint density at radius 2 is 0.971 bits per heavy atom. The van der Waals surface area contributed by atoms with Crippen molar-refractivity contribution in [1.29, 1.82) is 0 Å². The van der Waals surface area contributed by atoms with E-state index < -0.39 is 11.9 Å². The highest BCUT2D eigenvalue weighted by Crippen LogP contribution is 2.31. The zero-order valence-electron chi connectivity index (χ0n) is 20.3. The maximum Gasteiger partial charge on any atom is 0.302 e. The number of hydrogen-bond acceptors (Lipinski definition) is 8. The summed E-state index contributed by atoms with van der Waals surface area (Å²) in [7, 11) is 6.22. The van der Waals surface area contributed by atoms with Gasteiger partial charge in [-0.3, -0.25) is 9.59 Å². The number of carbonyl (C=O) groups is 2. The molecule has 0 aliphatic rings. The second-order valence-corrected chi connectivity index (χ2v) is 7.13. The van der Waals surface area contributed by atoms with Crippen LogP contribution in [0.25, 0.3) is 12.2 Å². The fourth-order valence-electron chi connectivity index (χ4n) is 3.10. The molecule has 182 valence electrons. The van der Waals surface area contributed by atoms with E-state index in [-0.39, 0.29) is 13.2 Å². The second-order valence-electron chi connectivity index (χ2n) is 7.13. The molecular weight excluding hydrogens is 440 g/mol. The van der Waals surface area contributed by atoms with Gasteiger partial charge < -0.3 is 28.4 Å². The third-order valence-electron chi connectivity index (χ3n) is 4.77. The largest absolute Gasteiger partial charge is 0.493 e. The summed E-state index contributed by atoms with van der Waals surface area (Å²) in [6, 6.07) is 10.8. The monoisotopic (exact) mass is 470 g/mol. The molecule has 0 heterocycles. The fraction of sp³-hybridized carbons (Fsp3) is 0.308. The molecule has 0 unspecified atom stereocenters. The maximum absolute atomic E-state index is 11.6. The topological polar surface area (TPSA) is 89.5 Å². The quantitative estimate of drug-likeness (QED) is 0.354. The van der Waals surface area contributed by atoms with E-state index in [1.165, 1.54) is 13.8 Å². The van der Waals surface area contributed by atoms with Gasteiger partial charge in [-0.15, -0.1) is 0 Å². The van der Waals surface area contributed by atoms with Gasteiger partial charge in [-0.1, -0.05) is 12.1 Å². The molecule has 34 heavy (non-hydrogen) atoms. The van der Waals surface area contributed by atoms with Crippen molar-refractivity contribution in [2.45, 2.75) is 13.8 Å². The van der Waals surface area contributed by atoms with Crippen LogP contribution in [0.2, 0.25) is 0 Å². The Bertz CT molecular complexity index is 983. The SMILES string of the molecule is COc1ccc(/C=C(COC(C)=O)\C(=C/c2ccc(OC)c(OC)c2)COC(C)=O)cc1OC. The Morgan fingerprint density at radius 1 is 0.618 bits per heavy atom. The number of rotatable bonds is 11. The summed E-state index contributed by atoms with van der Waals surface area (Å²) in [5, 5.41) is 0. The predicted octanol–water partition coefficient (Wildman–Crippen LogP) is 4.31. The number of methoxy groups -OCH3 is 4. The average Bonchev–Trinajstić information content (AvgIpc) is 2.83. The Kier molecular flexibility index (Phi) is 10.0. The standard InChI is InChI=1S/C26H30O8/c1-17(27)33-15-21(11-19-7-9-23(29-3)25(13-19)31-5)22(16-34-18(2)28)12-20-8-10-24(30-4)26(14-20)32-6/h7-14H,15-16H2,1-6H3/b21-11-,22-12-. The fourth-order valence-corrected chi connectivity index (χ4v) is 3.10. The van der Waals surface area contributed by atoms with E-state index in [1.807, 2.05) is 24.3 Å². The zero-order chi connectivity index (χ0) is 25.1. The Hall–Kier alpha value is -3.94. The van der Waals surface area contributed by atoms with Crippen molar-refractivity contribution in [2.75, 3.05) is 41.7 Å². The molecule has 0 saturated carbocycles. The van der Waals surface area contributed by atoms with Gasteiger partial charge in [-0.25, -0.2) is 0 Å². The minimum absolute atomic E-state index is 0.0237. The number of esters is 2. The summed E-state index contributed by atoms with van der Waals surface area (Å²) in [5.41, 5.74) is 2.83. The van der Waals surface area contributed by atoms with Crippen LogP contribution in [-0.4, -0.2) is 53.6 Å². The van der Waals surface area contributed by atoms with Crippen molar-refractivity contribution in [3.63, 3.8) is 0 Å². The molecule has 0 N–H and O–H groups in total. The molecule has 2 aromatic carbocycles. The zero-order valence-corrected chi connectivity index (χ0v) is 20.3. The van der Waals surface area contributed by atoms with Crippen LogP contribution < -0.4 is 18.9 Å². The lowest BCUT2D eigenvalue weighted by Gasteiger charge is -2.15. The minimum Gasteiger partial charge on any atom is -0.493 e. The van der Waals surface area contributed by atoms with Gasteiger partial charge in [0, 0.05) is 13.8 Å². The van der Waals surface area contributed by atoms with Gasteiger partial charge in [0.2, 0.25) is 0 Å². The molecule has 8 nitrogen and oxygen atoms in total. The Morgan fingerprint density at radius 3 is 1.26 bits per heavy atom. The van der Waals surface area contributed by atoms with E-state index in [9.17, 15) is 9.59 Å². The first-order valence-corrected chi connectivity index (χ1v) is 10.4. The summed E-state index contributed by atoms with van der Waals surface area (Å²) in [5.74, 6) is 1.40. The number of ether oxygens (including phenoxy) is 6. The lowest BCUT2D eigenvalue weighted by Crippen LogP contribution is -2.11. The first kappa shape index (κ1) is 26.3. The van der Waals surface area contributed by atoms with Crippen LogP contribution in [0.5, 0.6) is 23.0 Å². The van der Waals surface area contributed by atoms with E-state index >= 15 is 0 Å². The van der Waals surface area contributed by atoms with Gasteiger partial charge in [0.25, 0.3) is 0 Å². The van der Waals surface area contributed by atoms with Crippen LogP contribution in [0.4, 0.5) is 0 Å². The molecule has 0 aromatic heterocycles. The molecule has 0 atom stereocenters. The predicted molar refractivity (Wildman–Crippen MR) is 128 cm³/mol. The summed E-state index contributed by atoms with van der Waals surface area (Å²) in [6.07, 6.45) is 3.67. The van der Waals surface area contributed by atoms with Crippen molar-refractivity contribution in [3.05, 3.63) is 58.7 Å². The third-order valence-corrected chi connectivity index (χ3v) is 4.77. The molecule has 8 heteroatoms. The summed E-state index contributed by atoms with van der Waals surface area (Å²) < 4.78 is 32.0. The Balaban J connectivity index is 2.60.